The number of nitrogens with zero attached hydrogens (tertiary/aromatic N) is 3. The van der Waals surface area contributed by atoms with Gasteiger partial charge in [-0.3, -0.25) is 4.52 Å². The van der Waals surface area contributed by atoms with Crippen molar-refractivity contribution in [2.45, 2.75) is 0 Å². The SMILES string of the molecule is O=c1c[n+](-c2cccc(/C([O-])=N/N=C/c3ccccc3)c2)[nH]o1. The molecule has 7 nitrogen and oxygen atoms in total. The molecule has 0 radical (unpaired) electrons. The summed E-state index contributed by atoms with van der Waals surface area (Å²) in [5.41, 5.74) is 1.26. The fraction of sp³-hybridized carbons (Fsp3) is 0. The second-order valence-electron chi connectivity index (χ2n) is 4.62. The maximum Gasteiger partial charge on any atom is 0.427 e. The van der Waals surface area contributed by atoms with Gasteiger partial charge >= 0.3 is 5.63 Å². The molecule has 0 unspecified atom stereocenters. The molecule has 0 aliphatic carbocycles. The van der Waals surface area contributed by atoms with E-state index in [0.717, 1.165) is 5.56 Å². The third-order valence-corrected chi connectivity index (χ3v) is 3.01. The fourth-order valence-electron chi connectivity index (χ4n) is 1.91. The van der Waals surface area contributed by atoms with Crippen molar-refractivity contribution in [1.29, 1.82) is 0 Å². The molecule has 0 saturated carbocycles. The largest absolute Gasteiger partial charge is 0.857 e. The molecule has 1 N–H and O–H groups in total. The minimum atomic E-state index is -0.515. The highest BCUT2D eigenvalue weighted by Crippen LogP contribution is 2.04. The molecule has 114 valence electrons. The summed E-state index contributed by atoms with van der Waals surface area (Å²) >= 11 is 0. The summed E-state index contributed by atoms with van der Waals surface area (Å²) in [6, 6.07) is 15.9. The van der Waals surface area contributed by atoms with E-state index in [1.807, 2.05) is 30.3 Å². The molecule has 23 heavy (non-hydrogen) atoms. The Morgan fingerprint density at radius 3 is 2.74 bits per heavy atom. The van der Waals surface area contributed by atoms with Crippen LogP contribution in [0.1, 0.15) is 11.1 Å². The van der Waals surface area contributed by atoms with Gasteiger partial charge in [-0.15, -0.1) is 0 Å². The smallest absolute Gasteiger partial charge is 0.427 e. The van der Waals surface area contributed by atoms with Crippen LogP contribution in [0.5, 0.6) is 0 Å². The summed E-state index contributed by atoms with van der Waals surface area (Å²) in [7, 11) is 0. The summed E-state index contributed by atoms with van der Waals surface area (Å²) in [4.78, 5) is 11.0. The fourth-order valence-corrected chi connectivity index (χ4v) is 1.91. The van der Waals surface area contributed by atoms with Crippen molar-refractivity contribution >= 4 is 12.1 Å². The van der Waals surface area contributed by atoms with E-state index < -0.39 is 11.5 Å². The summed E-state index contributed by atoms with van der Waals surface area (Å²) in [6.45, 7) is 0. The standard InChI is InChI=1S/C16H12N4O3/c21-15-11-20(19-23-15)14-8-4-7-13(9-14)16(22)18-17-10-12-5-2-1-3-6-12/h1-11H,(H-,18,19,21,22)/b17-10+. The summed E-state index contributed by atoms with van der Waals surface area (Å²) in [6.07, 6.45) is 2.73. The van der Waals surface area contributed by atoms with E-state index in [9.17, 15) is 9.90 Å². The van der Waals surface area contributed by atoms with Gasteiger partial charge in [0.25, 0.3) is 6.20 Å². The van der Waals surface area contributed by atoms with Gasteiger partial charge in [0.2, 0.25) is 5.69 Å². The van der Waals surface area contributed by atoms with Gasteiger partial charge in [0.1, 0.15) is 0 Å². The van der Waals surface area contributed by atoms with Crippen LogP contribution in [-0.2, 0) is 0 Å². The molecule has 0 fully saturated rings. The Labute approximate surface area is 130 Å². The van der Waals surface area contributed by atoms with Gasteiger partial charge in [0, 0.05) is 18.0 Å². The number of hydrogen-bond donors (Lipinski definition) is 1. The van der Waals surface area contributed by atoms with Crippen molar-refractivity contribution in [3.63, 3.8) is 0 Å². The van der Waals surface area contributed by atoms with Crippen LogP contribution in [0.25, 0.3) is 5.69 Å². The van der Waals surface area contributed by atoms with Gasteiger partial charge in [0.05, 0.1) is 6.21 Å². The molecular formula is C16H12N4O3. The van der Waals surface area contributed by atoms with E-state index in [1.165, 1.54) is 17.1 Å². The molecule has 3 rings (SSSR count). The first-order chi connectivity index (χ1) is 11.2. The monoisotopic (exact) mass is 308 g/mol. The van der Waals surface area contributed by atoms with Crippen molar-refractivity contribution in [3.8, 4) is 5.69 Å². The highest BCUT2D eigenvalue weighted by Gasteiger charge is 2.10. The number of aromatic amines is 1. The zero-order chi connectivity index (χ0) is 16.1. The maximum atomic E-state index is 12.0. The number of benzene rings is 2. The third kappa shape index (κ3) is 3.59. The first-order valence-corrected chi connectivity index (χ1v) is 6.76. The number of H-pyrrole nitrogens is 1. The van der Waals surface area contributed by atoms with Crippen LogP contribution in [0.4, 0.5) is 0 Å². The Hall–Kier alpha value is -3.48. The van der Waals surface area contributed by atoms with Crippen molar-refractivity contribution in [2.75, 3.05) is 0 Å². The van der Waals surface area contributed by atoms with Gasteiger partial charge in [-0.1, -0.05) is 42.5 Å². The van der Waals surface area contributed by atoms with E-state index in [4.69, 9.17) is 0 Å². The van der Waals surface area contributed by atoms with Crippen molar-refractivity contribution < 1.29 is 14.3 Å². The second-order valence-corrected chi connectivity index (χ2v) is 4.62. The summed E-state index contributed by atoms with van der Waals surface area (Å²) in [5, 5.41) is 21.9. The van der Waals surface area contributed by atoms with E-state index in [-0.39, 0.29) is 0 Å². The first-order valence-electron chi connectivity index (χ1n) is 6.76. The van der Waals surface area contributed by atoms with Crippen LogP contribution < -0.4 is 15.4 Å². The quantitative estimate of drug-likeness (QED) is 0.326. The Kier molecular flexibility index (Phi) is 4.10. The molecule has 0 spiro atoms. The molecule has 1 aromatic heterocycles. The molecule has 0 saturated heterocycles. The van der Waals surface area contributed by atoms with Crippen molar-refractivity contribution in [3.05, 3.63) is 82.3 Å². The van der Waals surface area contributed by atoms with Crippen LogP contribution in [0.2, 0.25) is 0 Å². The Morgan fingerprint density at radius 2 is 2.00 bits per heavy atom. The summed E-state index contributed by atoms with van der Waals surface area (Å²) < 4.78 is 5.95. The number of aromatic nitrogens is 2. The number of rotatable bonds is 4. The molecule has 1 heterocycles. The zero-order valence-corrected chi connectivity index (χ0v) is 11.9. The zero-order valence-electron chi connectivity index (χ0n) is 11.9. The van der Waals surface area contributed by atoms with Gasteiger partial charge in [-0.2, -0.15) is 10.2 Å². The highest BCUT2D eigenvalue weighted by atomic mass is 16.5. The highest BCUT2D eigenvalue weighted by molar-refractivity contribution is 5.91. The molecule has 0 aliphatic rings. The molecule has 3 aromatic rings. The lowest BCUT2D eigenvalue weighted by Gasteiger charge is -2.07. The lowest BCUT2D eigenvalue weighted by atomic mass is 10.2. The van der Waals surface area contributed by atoms with Crippen molar-refractivity contribution in [2.24, 2.45) is 10.2 Å². The predicted molar refractivity (Wildman–Crippen MR) is 81.4 cm³/mol. The Morgan fingerprint density at radius 1 is 1.17 bits per heavy atom. The first kappa shape index (κ1) is 14.5. The van der Waals surface area contributed by atoms with Crippen LogP contribution in [0.15, 0.2) is 80.3 Å². The minimum absolute atomic E-state index is 0.349. The number of nitrogens with one attached hydrogen (secondary N) is 1. The van der Waals surface area contributed by atoms with E-state index in [0.29, 0.717) is 11.3 Å². The molecule has 7 heteroatoms. The van der Waals surface area contributed by atoms with Crippen LogP contribution in [0.3, 0.4) is 0 Å². The molecule has 0 amide bonds. The van der Waals surface area contributed by atoms with Crippen LogP contribution in [-0.4, -0.2) is 17.4 Å². The van der Waals surface area contributed by atoms with E-state index >= 15 is 0 Å². The van der Waals surface area contributed by atoms with E-state index in [2.05, 4.69) is 20.0 Å². The summed E-state index contributed by atoms with van der Waals surface area (Å²) in [5.74, 6) is -0.481. The van der Waals surface area contributed by atoms with Gasteiger partial charge in [-0.25, -0.2) is 4.79 Å². The second kappa shape index (κ2) is 6.52. The molecule has 2 aromatic carbocycles. The van der Waals surface area contributed by atoms with Crippen molar-refractivity contribution in [1.82, 2.24) is 5.27 Å². The van der Waals surface area contributed by atoms with Crippen LogP contribution in [0, 0.1) is 0 Å². The van der Waals surface area contributed by atoms with E-state index in [1.54, 1.807) is 24.3 Å². The molecular weight excluding hydrogens is 296 g/mol. The average Bonchev–Trinajstić information content (AvgIpc) is 3.02. The molecule has 0 bridgehead atoms. The normalized spacial score (nSPS) is 11.9. The predicted octanol–water partition coefficient (Wildman–Crippen LogP) is 0.386. The maximum absolute atomic E-state index is 12.0. The van der Waals surface area contributed by atoms with Crippen LogP contribution >= 0.6 is 0 Å². The topological polar surface area (TPSA) is 97.7 Å². The lowest BCUT2D eigenvalue weighted by Crippen LogP contribution is -2.32. The minimum Gasteiger partial charge on any atom is -0.857 e. The Balaban J connectivity index is 1.82. The average molecular weight is 308 g/mol. The third-order valence-electron chi connectivity index (χ3n) is 3.01. The number of hydrogen-bond acceptors (Lipinski definition) is 5. The van der Waals surface area contributed by atoms with Gasteiger partial charge in [-0.05, 0) is 21.1 Å². The molecule has 0 atom stereocenters. The lowest BCUT2D eigenvalue weighted by molar-refractivity contribution is -0.670. The Bertz CT molecular complexity index is 910. The van der Waals surface area contributed by atoms with Gasteiger partial charge in [0.15, 0.2) is 0 Å². The molecule has 0 aliphatic heterocycles. The van der Waals surface area contributed by atoms with Gasteiger partial charge < -0.3 is 5.11 Å².